The molecule has 1 aliphatic rings. The van der Waals surface area contributed by atoms with Gasteiger partial charge in [0.15, 0.2) is 0 Å². The van der Waals surface area contributed by atoms with Crippen molar-refractivity contribution >= 4 is 23.6 Å². The number of halogens is 1. The number of hydrogen-bond donors (Lipinski definition) is 1. The molecule has 0 bridgehead atoms. The molecule has 1 fully saturated rings. The van der Waals surface area contributed by atoms with Gasteiger partial charge in [-0.2, -0.15) is 0 Å². The molecule has 2 atom stereocenters. The zero-order valence-electron chi connectivity index (χ0n) is 18.9. The van der Waals surface area contributed by atoms with E-state index < -0.39 is 12.1 Å². The van der Waals surface area contributed by atoms with Crippen LogP contribution in [0.4, 0.5) is 4.79 Å². The molecular weight excluding hydrogens is 456 g/mol. The maximum Gasteiger partial charge on any atom is 0.408 e. The number of amides is 2. The highest BCUT2D eigenvalue weighted by atomic mass is 35.5. The first-order chi connectivity index (χ1) is 16.5. The van der Waals surface area contributed by atoms with Gasteiger partial charge in [-0.25, -0.2) is 4.79 Å². The fourth-order valence-corrected chi connectivity index (χ4v) is 4.08. The Morgan fingerprint density at radius 2 is 1.74 bits per heavy atom. The number of benzene rings is 3. The average Bonchev–Trinajstić information content (AvgIpc) is 2.87. The van der Waals surface area contributed by atoms with Gasteiger partial charge in [-0.1, -0.05) is 54.1 Å². The lowest BCUT2D eigenvalue weighted by Gasteiger charge is -2.47. The van der Waals surface area contributed by atoms with E-state index in [1.54, 1.807) is 37.3 Å². The summed E-state index contributed by atoms with van der Waals surface area (Å²) in [7, 11) is 3.15. The van der Waals surface area contributed by atoms with Crippen molar-refractivity contribution in [2.75, 3.05) is 14.2 Å². The Bertz CT molecular complexity index is 1150. The van der Waals surface area contributed by atoms with Gasteiger partial charge >= 0.3 is 6.09 Å². The van der Waals surface area contributed by atoms with Gasteiger partial charge in [-0.15, -0.1) is 0 Å². The number of β-lactam (4-membered cyclic amide) rings is 1. The number of alkyl carbamates (subject to hydrolysis) is 1. The number of nitrogens with zero attached hydrogens (tertiary/aromatic N) is 1. The lowest BCUT2D eigenvalue weighted by atomic mass is 9.87. The Morgan fingerprint density at radius 3 is 2.41 bits per heavy atom. The number of rotatable bonds is 8. The quantitative estimate of drug-likeness (QED) is 0.471. The average molecular weight is 481 g/mol. The number of likely N-dealkylation sites (tertiary alicyclic amines) is 1. The first-order valence-corrected chi connectivity index (χ1v) is 11.1. The number of nitrogens with one attached hydrogen (secondary N) is 1. The maximum absolute atomic E-state index is 13.1. The molecule has 1 aliphatic heterocycles. The lowest BCUT2D eigenvalue weighted by Crippen LogP contribution is -2.65. The molecular formula is C26H25ClN2O5. The van der Waals surface area contributed by atoms with Gasteiger partial charge in [0.05, 0.1) is 26.8 Å². The summed E-state index contributed by atoms with van der Waals surface area (Å²) in [5.74, 6) is 1.06. The molecule has 0 aliphatic carbocycles. The molecule has 8 heteroatoms. The Hall–Kier alpha value is -3.71. The van der Waals surface area contributed by atoms with Gasteiger partial charge in [0.1, 0.15) is 24.1 Å². The Kier molecular flexibility index (Phi) is 7.23. The summed E-state index contributed by atoms with van der Waals surface area (Å²) in [5.41, 5.74) is 2.53. The van der Waals surface area contributed by atoms with E-state index >= 15 is 0 Å². The molecule has 3 aromatic rings. The first-order valence-electron chi connectivity index (χ1n) is 10.7. The summed E-state index contributed by atoms with van der Waals surface area (Å²) in [5, 5.41) is 3.31. The number of methoxy groups -OCH3 is 2. The second-order valence-electron chi connectivity index (χ2n) is 7.82. The molecule has 2 amide bonds. The van der Waals surface area contributed by atoms with E-state index in [4.69, 9.17) is 25.8 Å². The van der Waals surface area contributed by atoms with Gasteiger partial charge in [0, 0.05) is 16.7 Å². The number of carbonyl (C=O) groups is 2. The fourth-order valence-electron chi connectivity index (χ4n) is 3.96. The molecule has 176 valence electrons. The second-order valence-corrected chi connectivity index (χ2v) is 8.26. The molecule has 2 unspecified atom stereocenters. The third-order valence-corrected chi connectivity index (χ3v) is 5.99. The van der Waals surface area contributed by atoms with Gasteiger partial charge in [-0.3, -0.25) is 4.79 Å². The van der Waals surface area contributed by atoms with Gasteiger partial charge in [0.2, 0.25) is 5.91 Å². The third-order valence-electron chi connectivity index (χ3n) is 5.73. The van der Waals surface area contributed by atoms with Crippen molar-refractivity contribution in [1.82, 2.24) is 10.2 Å². The minimum absolute atomic E-state index is 0.117. The van der Waals surface area contributed by atoms with Crippen LogP contribution in [0.15, 0.2) is 72.8 Å². The molecule has 0 spiro atoms. The predicted molar refractivity (Wildman–Crippen MR) is 128 cm³/mol. The van der Waals surface area contributed by atoms with E-state index in [-0.39, 0.29) is 18.6 Å². The molecule has 0 radical (unpaired) electrons. The zero-order valence-corrected chi connectivity index (χ0v) is 19.6. The van der Waals surface area contributed by atoms with Crippen LogP contribution in [0.25, 0.3) is 0 Å². The van der Waals surface area contributed by atoms with Crippen LogP contribution in [0.3, 0.4) is 0 Å². The monoisotopic (exact) mass is 480 g/mol. The standard InChI is InChI=1S/C26H25ClN2O5/c1-32-21-13-10-19(22(14-21)33-2)15-29-24(18-8-11-20(27)12-9-18)23(25(29)30)28-26(31)34-16-17-6-4-3-5-7-17/h3-14,23-24H,15-16H2,1-2H3,(H,28,31). The summed E-state index contributed by atoms with van der Waals surface area (Å²) in [6.45, 7) is 0.419. The van der Waals surface area contributed by atoms with Crippen molar-refractivity contribution in [1.29, 1.82) is 0 Å². The predicted octanol–water partition coefficient (Wildman–Crippen LogP) is 4.74. The van der Waals surface area contributed by atoms with Crippen molar-refractivity contribution in [3.63, 3.8) is 0 Å². The van der Waals surface area contributed by atoms with Crippen LogP contribution >= 0.6 is 11.6 Å². The van der Waals surface area contributed by atoms with Crippen LogP contribution in [-0.2, 0) is 22.7 Å². The third kappa shape index (κ3) is 5.10. The molecule has 3 aromatic carbocycles. The van der Waals surface area contributed by atoms with Crippen molar-refractivity contribution in [2.24, 2.45) is 0 Å². The highest BCUT2D eigenvalue weighted by Crippen LogP contribution is 2.38. The highest BCUT2D eigenvalue weighted by molar-refractivity contribution is 6.30. The van der Waals surface area contributed by atoms with Gasteiger partial charge in [-0.05, 0) is 35.4 Å². The van der Waals surface area contributed by atoms with Crippen LogP contribution in [0.1, 0.15) is 22.7 Å². The van der Waals surface area contributed by atoms with E-state index in [0.717, 1.165) is 16.7 Å². The highest BCUT2D eigenvalue weighted by Gasteiger charge is 2.49. The SMILES string of the molecule is COc1ccc(CN2C(=O)C(NC(=O)OCc3ccccc3)C2c2ccc(Cl)cc2)c(OC)c1. The minimum atomic E-state index is -0.756. The Balaban J connectivity index is 1.51. The maximum atomic E-state index is 13.1. The normalized spacial score (nSPS) is 17.0. The molecule has 1 heterocycles. The van der Waals surface area contributed by atoms with Crippen LogP contribution in [0, 0.1) is 0 Å². The molecule has 34 heavy (non-hydrogen) atoms. The fraction of sp³-hybridized carbons (Fsp3) is 0.231. The molecule has 0 saturated carbocycles. The van der Waals surface area contributed by atoms with Crippen molar-refractivity contribution in [3.8, 4) is 11.5 Å². The molecule has 7 nitrogen and oxygen atoms in total. The van der Waals surface area contributed by atoms with Crippen LogP contribution < -0.4 is 14.8 Å². The van der Waals surface area contributed by atoms with Crippen molar-refractivity contribution in [3.05, 3.63) is 94.5 Å². The summed E-state index contributed by atoms with van der Waals surface area (Å²) >= 11 is 6.06. The summed E-state index contributed by atoms with van der Waals surface area (Å²) in [4.78, 5) is 27.3. The number of carbonyl (C=O) groups excluding carboxylic acids is 2. The minimum Gasteiger partial charge on any atom is -0.497 e. The molecule has 1 saturated heterocycles. The van der Waals surface area contributed by atoms with E-state index in [1.165, 1.54) is 0 Å². The van der Waals surface area contributed by atoms with E-state index in [0.29, 0.717) is 23.1 Å². The zero-order chi connectivity index (χ0) is 24.1. The molecule has 1 N–H and O–H groups in total. The summed E-state index contributed by atoms with van der Waals surface area (Å²) < 4.78 is 16.1. The van der Waals surface area contributed by atoms with Crippen LogP contribution in [0.5, 0.6) is 11.5 Å². The van der Waals surface area contributed by atoms with Crippen molar-refractivity contribution in [2.45, 2.75) is 25.2 Å². The topological polar surface area (TPSA) is 77.1 Å². The summed E-state index contributed by atoms with van der Waals surface area (Å²) in [6, 6.07) is 20.9. The van der Waals surface area contributed by atoms with E-state index in [9.17, 15) is 9.59 Å². The van der Waals surface area contributed by atoms with E-state index in [1.807, 2.05) is 54.6 Å². The van der Waals surface area contributed by atoms with E-state index in [2.05, 4.69) is 5.32 Å². The van der Waals surface area contributed by atoms with Gasteiger partial charge < -0.3 is 24.4 Å². The lowest BCUT2D eigenvalue weighted by molar-refractivity contribution is -0.152. The van der Waals surface area contributed by atoms with Crippen LogP contribution in [0.2, 0.25) is 5.02 Å². The number of ether oxygens (including phenoxy) is 3. The molecule has 0 aromatic heterocycles. The second kappa shape index (κ2) is 10.5. The van der Waals surface area contributed by atoms with Gasteiger partial charge in [0.25, 0.3) is 0 Å². The summed E-state index contributed by atoms with van der Waals surface area (Å²) in [6.07, 6.45) is -0.650. The Morgan fingerprint density at radius 1 is 1.00 bits per heavy atom. The first kappa shape index (κ1) is 23.4. The largest absolute Gasteiger partial charge is 0.497 e. The number of hydrogen-bond acceptors (Lipinski definition) is 5. The van der Waals surface area contributed by atoms with Crippen molar-refractivity contribution < 1.29 is 23.8 Å². The molecule has 4 rings (SSSR count). The Labute approximate surface area is 203 Å². The smallest absolute Gasteiger partial charge is 0.408 e. The van der Waals surface area contributed by atoms with Crippen LogP contribution in [-0.4, -0.2) is 37.2 Å².